The van der Waals surface area contributed by atoms with Crippen LogP contribution in [0.15, 0.2) is 76.5 Å². The Labute approximate surface area is 198 Å². The number of hydrogen-bond donors (Lipinski definition) is 1. The van der Waals surface area contributed by atoms with Crippen LogP contribution in [0.2, 0.25) is 10.0 Å². The number of esters is 1. The van der Waals surface area contributed by atoms with Crippen LogP contribution in [-0.2, 0) is 4.74 Å². The molecule has 0 aliphatic rings. The van der Waals surface area contributed by atoms with Gasteiger partial charge in [-0.2, -0.15) is 0 Å². The number of aromatic amines is 1. The highest BCUT2D eigenvalue weighted by Crippen LogP contribution is 2.27. The van der Waals surface area contributed by atoms with Gasteiger partial charge in [0.2, 0.25) is 0 Å². The number of nitrogens with one attached hydrogen (secondary N) is 1. The molecule has 0 saturated carbocycles. The lowest BCUT2D eigenvalue weighted by atomic mass is 10.1. The summed E-state index contributed by atoms with van der Waals surface area (Å²) in [6.45, 7) is 7.52. The van der Waals surface area contributed by atoms with Crippen LogP contribution < -0.4 is 16.1 Å². The van der Waals surface area contributed by atoms with E-state index in [2.05, 4.69) is 18.3 Å². The highest BCUT2D eigenvalue weighted by molar-refractivity contribution is 6.33. The SMILES string of the molecule is C=CCOC(=O)c1cc(-c2ccc(/C=c3/c(=C)[nH]n(-c4cccc(Cl)c4)c3=O)o2)ccc1Cl. The van der Waals surface area contributed by atoms with Gasteiger partial charge in [0.25, 0.3) is 5.56 Å². The predicted molar refractivity (Wildman–Crippen MR) is 129 cm³/mol. The number of aromatic nitrogens is 2. The van der Waals surface area contributed by atoms with Gasteiger partial charge in [-0.05, 0) is 54.6 Å². The Balaban J connectivity index is 1.69. The van der Waals surface area contributed by atoms with E-state index in [1.165, 1.54) is 10.8 Å². The molecular formula is C25H18Cl2N2O4. The number of H-pyrrole nitrogens is 1. The second kappa shape index (κ2) is 9.40. The molecule has 0 amide bonds. The Bertz CT molecular complexity index is 1530. The molecule has 2 aromatic carbocycles. The van der Waals surface area contributed by atoms with E-state index in [4.69, 9.17) is 32.4 Å². The molecule has 2 heterocycles. The van der Waals surface area contributed by atoms with Crippen molar-refractivity contribution < 1.29 is 13.9 Å². The normalized spacial score (nSPS) is 11.5. The third-order valence-corrected chi connectivity index (χ3v) is 5.35. The molecule has 0 saturated heterocycles. The fourth-order valence-electron chi connectivity index (χ4n) is 3.22. The van der Waals surface area contributed by atoms with Crippen molar-refractivity contribution in [2.45, 2.75) is 0 Å². The lowest BCUT2D eigenvalue weighted by Crippen LogP contribution is -2.33. The maximum Gasteiger partial charge on any atom is 0.339 e. The molecular weight excluding hydrogens is 463 g/mol. The average Bonchev–Trinajstić information content (AvgIpc) is 3.38. The first kappa shape index (κ1) is 22.5. The molecule has 2 aromatic heterocycles. The van der Waals surface area contributed by atoms with Gasteiger partial charge < -0.3 is 9.15 Å². The topological polar surface area (TPSA) is 77.2 Å². The number of hydrogen-bond acceptors (Lipinski definition) is 4. The molecule has 8 heteroatoms. The summed E-state index contributed by atoms with van der Waals surface area (Å²) < 4.78 is 12.3. The number of furan rings is 1. The van der Waals surface area contributed by atoms with E-state index in [-0.39, 0.29) is 22.8 Å². The molecule has 0 aliphatic heterocycles. The number of nitrogens with zero attached hydrogens (tertiary/aromatic N) is 1. The lowest BCUT2D eigenvalue weighted by Gasteiger charge is -2.06. The highest BCUT2D eigenvalue weighted by Gasteiger charge is 2.15. The largest absolute Gasteiger partial charge is 0.458 e. The van der Waals surface area contributed by atoms with Gasteiger partial charge in [0.15, 0.2) is 0 Å². The summed E-state index contributed by atoms with van der Waals surface area (Å²) in [5.41, 5.74) is 1.14. The molecule has 0 unspecified atom stereocenters. The third kappa shape index (κ3) is 4.72. The zero-order chi connectivity index (χ0) is 23.5. The van der Waals surface area contributed by atoms with Crippen molar-refractivity contribution in [1.29, 1.82) is 0 Å². The fraction of sp³-hybridized carbons (Fsp3) is 0.0400. The molecule has 0 radical (unpaired) electrons. The minimum Gasteiger partial charge on any atom is -0.458 e. The van der Waals surface area contributed by atoms with Crippen LogP contribution in [0.1, 0.15) is 16.1 Å². The minimum absolute atomic E-state index is 0.0794. The molecule has 166 valence electrons. The number of ether oxygens (including phenoxy) is 1. The van der Waals surface area contributed by atoms with Crippen LogP contribution in [0.5, 0.6) is 0 Å². The first-order valence-corrected chi connectivity index (χ1v) is 10.6. The summed E-state index contributed by atoms with van der Waals surface area (Å²) in [4.78, 5) is 25.2. The molecule has 1 N–H and O–H groups in total. The zero-order valence-electron chi connectivity index (χ0n) is 17.3. The second-order valence-corrected chi connectivity index (χ2v) is 7.90. The van der Waals surface area contributed by atoms with Gasteiger partial charge in [0.05, 0.1) is 26.8 Å². The first-order valence-electron chi connectivity index (χ1n) is 9.83. The lowest BCUT2D eigenvalue weighted by molar-refractivity contribution is 0.0550. The maximum absolute atomic E-state index is 12.9. The van der Waals surface area contributed by atoms with Crippen molar-refractivity contribution >= 4 is 41.8 Å². The van der Waals surface area contributed by atoms with Crippen LogP contribution in [0.3, 0.4) is 0 Å². The third-order valence-electron chi connectivity index (χ3n) is 4.79. The molecule has 0 fully saturated rings. The van der Waals surface area contributed by atoms with Gasteiger partial charge in [-0.15, -0.1) is 0 Å². The van der Waals surface area contributed by atoms with Gasteiger partial charge >= 0.3 is 5.97 Å². The van der Waals surface area contributed by atoms with Crippen molar-refractivity contribution in [3.05, 3.63) is 110 Å². The first-order chi connectivity index (χ1) is 15.9. The van der Waals surface area contributed by atoms with Crippen LogP contribution in [-0.4, -0.2) is 22.4 Å². The quantitative estimate of drug-likeness (QED) is 0.329. The molecule has 6 nitrogen and oxygen atoms in total. The van der Waals surface area contributed by atoms with Crippen LogP contribution >= 0.6 is 23.2 Å². The number of halogens is 2. The van der Waals surface area contributed by atoms with E-state index in [1.54, 1.807) is 60.7 Å². The molecule has 33 heavy (non-hydrogen) atoms. The summed E-state index contributed by atoms with van der Waals surface area (Å²) >= 11 is 12.2. The predicted octanol–water partition coefficient (Wildman–Crippen LogP) is 4.31. The van der Waals surface area contributed by atoms with E-state index < -0.39 is 5.97 Å². The van der Waals surface area contributed by atoms with E-state index in [0.29, 0.717) is 38.4 Å². The van der Waals surface area contributed by atoms with E-state index >= 15 is 0 Å². The van der Waals surface area contributed by atoms with Crippen LogP contribution in [0, 0.1) is 0 Å². The molecule has 0 bridgehead atoms. The number of benzene rings is 2. The molecule has 4 aromatic rings. The standard InChI is InChI=1S/C25H18Cl2N2O4/c1-3-11-32-25(31)21-12-16(7-9-22(21)27)23-10-8-19(33-23)14-20-15(2)28-29(24(20)30)18-6-4-5-17(26)13-18/h3-10,12-14,28H,1-2,11H2/b20-14-. The molecule has 0 aliphatic carbocycles. The maximum atomic E-state index is 12.9. The van der Waals surface area contributed by atoms with Crippen molar-refractivity contribution in [3.8, 4) is 17.0 Å². The zero-order valence-corrected chi connectivity index (χ0v) is 18.8. The van der Waals surface area contributed by atoms with Crippen LogP contribution in [0.4, 0.5) is 0 Å². The number of carbonyl (C=O) groups excluding carboxylic acids is 1. The van der Waals surface area contributed by atoms with E-state index in [9.17, 15) is 9.59 Å². The summed E-state index contributed by atoms with van der Waals surface area (Å²) in [5, 5.41) is 4.50. The fourth-order valence-corrected chi connectivity index (χ4v) is 3.60. The summed E-state index contributed by atoms with van der Waals surface area (Å²) in [6.07, 6.45) is 3.07. The van der Waals surface area contributed by atoms with Gasteiger partial charge in [-0.25, -0.2) is 9.48 Å². The Hall–Kier alpha value is -3.74. The summed E-state index contributed by atoms with van der Waals surface area (Å²) in [5.74, 6) is 0.373. The molecule has 0 spiro atoms. The Morgan fingerprint density at radius 1 is 1.15 bits per heavy atom. The Morgan fingerprint density at radius 2 is 1.97 bits per heavy atom. The van der Waals surface area contributed by atoms with Gasteiger partial charge in [0.1, 0.15) is 18.1 Å². The summed E-state index contributed by atoms with van der Waals surface area (Å²) in [6, 6.07) is 15.3. The van der Waals surface area contributed by atoms with E-state index in [1.807, 2.05) is 0 Å². The van der Waals surface area contributed by atoms with Crippen molar-refractivity contribution in [2.75, 3.05) is 6.61 Å². The Kier molecular flexibility index (Phi) is 6.40. The van der Waals surface area contributed by atoms with Crippen molar-refractivity contribution in [1.82, 2.24) is 9.78 Å². The van der Waals surface area contributed by atoms with E-state index in [0.717, 1.165) is 0 Å². The van der Waals surface area contributed by atoms with Crippen molar-refractivity contribution in [3.63, 3.8) is 0 Å². The molecule has 4 rings (SSSR count). The number of rotatable bonds is 6. The summed E-state index contributed by atoms with van der Waals surface area (Å²) in [7, 11) is 0. The molecule has 0 atom stereocenters. The monoisotopic (exact) mass is 480 g/mol. The average molecular weight is 481 g/mol. The highest BCUT2D eigenvalue weighted by atomic mass is 35.5. The van der Waals surface area contributed by atoms with Gasteiger partial charge in [-0.1, -0.05) is 48.5 Å². The Morgan fingerprint density at radius 3 is 2.73 bits per heavy atom. The minimum atomic E-state index is -0.560. The second-order valence-electron chi connectivity index (χ2n) is 7.05. The smallest absolute Gasteiger partial charge is 0.339 e. The van der Waals surface area contributed by atoms with Gasteiger partial charge in [-0.3, -0.25) is 9.89 Å². The van der Waals surface area contributed by atoms with Crippen LogP contribution in [0.25, 0.3) is 29.7 Å². The van der Waals surface area contributed by atoms with Crippen molar-refractivity contribution in [2.24, 2.45) is 0 Å². The van der Waals surface area contributed by atoms with Gasteiger partial charge in [0, 0.05) is 10.6 Å². The number of carbonyl (C=O) groups is 1.